The van der Waals surface area contributed by atoms with Gasteiger partial charge in [-0.1, -0.05) is 92.4 Å². The van der Waals surface area contributed by atoms with Crippen molar-refractivity contribution in [3.05, 3.63) is 203 Å². The minimum Gasteiger partial charge on any atom is -0.454 e. The summed E-state index contributed by atoms with van der Waals surface area (Å²) in [4.78, 5) is 23.6. The Morgan fingerprint density at radius 2 is 0.715 bits per heavy atom. The molecule has 5 fully saturated rings. The third-order valence-corrected chi connectivity index (χ3v) is 24.2. The lowest BCUT2D eigenvalue weighted by Crippen LogP contribution is -2.22. The predicted molar refractivity (Wildman–Crippen MR) is 580 cm³/mol. The number of aryl methyl sites for hydroxylation is 2. The normalized spacial score (nSPS) is 19.4. The zero-order valence-electron chi connectivity index (χ0n) is 73.8. The van der Waals surface area contributed by atoms with E-state index >= 15 is 0 Å². The van der Waals surface area contributed by atoms with Gasteiger partial charge in [0.05, 0.1) is 53.8 Å². The number of halogens is 3. The number of aromatic nitrogens is 15. The average Bonchev–Trinajstić information content (AvgIpc) is 1.62. The van der Waals surface area contributed by atoms with Crippen molar-refractivity contribution in [1.82, 2.24) is 73.0 Å². The summed E-state index contributed by atoms with van der Waals surface area (Å²) in [5, 5.41) is 40.9. The van der Waals surface area contributed by atoms with Crippen LogP contribution in [0.3, 0.4) is 0 Å². The Morgan fingerprint density at radius 1 is 0.377 bits per heavy atom. The summed E-state index contributed by atoms with van der Waals surface area (Å²) in [5.74, 6) is 6.87. The minimum atomic E-state index is -0.252. The molecular weight excluding hydrogens is 1870 g/mol. The second-order valence-electron chi connectivity index (χ2n) is 33.2. The van der Waals surface area contributed by atoms with Crippen LogP contribution in [0, 0.1) is 19.7 Å². The molecule has 706 valence electrons. The van der Waals surface area contributed by atoms with Crippen LogP contribution in [-0.2, 0) is 0 Å². The lowest BCUT2D eigenvalue weighted by atomic mass is 9.99. The zero-order valence-corrected chi connectivity index (χ0v) is 85.3. The summed E-state index contributed by atoms with van der Waals surface area (Å²) in [6.07, 6.45) is 26.3. The fraction of sp³-hybridized carbons (Fsp3) is 0.400. The Kier molecular flexibility index (Phi) is 43.3. The predicted octanol–water partition coefficient (Wildman–Crippen LogP) is 17.7. The van der Waals surface area contributed by atoms with Gasteiger partial charge in [0, 0.05) is 143 Å². The maximum atomic E-state index is 13.1. The summed E-state index contributed by atoms with van der Waals surface area (Å²) in [5.41, 5.74) is 46.5. The van der Waals surface area contributed by atoms with E-state index in [1.54, 1.807) is 56.7 Å². The number of hydrogen-bond donors (Lipinski definition) is 10. The minimum absolute atomic E-state index is 0. The van der Waals surface area contributed by atoms with E-state index in [0.29, 0.717) is 75.9 Å². The lowest BCUT2D eigenvalue weighted by Gasteiger charge is -2.18. The van der Waals surface area contributed by atoms with Gasteiger partial charge in [0.15, 0.2) is 39.7 Å². The van der Waals surface area contributed by atoms with Gasteiger partial charge in [-0.15, -0.1) is 0 Å². The van der Waals surface area contributed by atoms with E-state index < -0.39 is 0 Å². The highest BCUT2D eigenvalue weighted by molar-refractivity contribution is 7.60. The molecular formula is C90H128Cl2FN25O2S10. The molecule has 0 bridgehead atoms. The van der Waals surface area contributed by atoms with Crippen LogP contribution in [0.1, 0.15) is 171 Å². The van der Waals surface area contributed by atoms with Crippen LogP contribution >= 0.6 is 158 Å². The van der Waals surface area contributed by atoms with Crippen molar-refractivity contribution in [2.24, 2.45) is 28.7 Å². The molecule has 0 spiro atoms. The summed E-state index contributed by atoms with van der Waals surface area (Å²) < 4.78 is 33.1. The van der Waals surface area contributed by atoms with Crippen molar-refractivity contribution in [1.29, 1.82) is 0 Å². The molecule has 10 aromatic heterocycles. The molecule has 130 heavy (non-hydrogen) atoms. The number of ether oxygens (including phenoxy) is 2. The smallest absolute Gasteiger partial charge is 0.231 e. The highest BCUT2D eigenvalue weighted by Gasteiger charge is 2.30. The summed E-state index contributed by atoms with van der Waals surface area (Å²) >= 11 is 12.6. The number of nitrogens with one attached hydrogen (secondary N) is 5. The second-order valence-corrected chi connectivity index (χ2v) is 34.1. The fourth-order valence-corrected chi connectivity index (χ4v) is 17.6. The Bertz CT molecular complexity index is 5900. The monoisotopic (exact) mass is 2000 g/mol. The standard InChI is InChI=1S/C20H25N5.C19H23N5.C18H18ClN5O2.C17H18FN5.C16H24ClN5.10H2S/c1-13(2)14-3-5-15(6-4-14)18-12-20(23-17-8-7-16(21)11-17)25-19(24-18)9-10-22-25;1-12-7-13(2)9-14(8-12)17-11-19(22-16-4-3-15(20)10-16)24-18(23-17)5-6-21-24;19-13-8-21-24-17(22-12-3-2-11(20)6-12)7-14(23-18(13)24)10-1-4-15-16(5-10)26-9-25-15;18-12-3-1-11(2-4-12)15-10-17(21-14-6-5-13(19)9-14)23-16(22-15)7-8-20-23;1-3-10(4-2)14-8-15(20-12-6-5-11(18)7-12)22-16(21-14)13(17)9-19-22;;;;;;;;;;/h3-6,9-10,12-13,16-17,23H,7-8,11,21H2,1-2H3;5-9,11,15-16,22H,3-4,10,20H2,1-2H3;1,4-5,7-8,11-12,22H,2-3,6,9,20H2;1-4,7-8,10,13-14,21H,5-6,9,19H2;8-12,20H,3-7,18H2,1-2H3;10*1H2/t16-,17-;15-,16-;11-,12-;13-,14-;11-,12-;;;;;;;;;;/m00000........../s1. The highest BCUT2D eigenvalue weighted by atomic mass is 35.5. The fourth-order valence-electron chi connectivity index (χ4n) is 17.3. The lowest BCUT2D eigenvalue weighted by molar-refractivity contribution is 0.174. The van der Waals surface area contributed by atoms with Crippen LogP contribution in [0.15, 0.2) is 164 Å². The Labute approximate surface area is 839 Å². The molecule has 5 aliphatic carbocycles. The van der Waals surface area contributed by atoms with Gasteiger partial charge in [0.2, 0.25) is 6.79 Å². The summed E-state index contributed by atoms with van der Waals surface area (Å²) in [6, 6.07) is 46.7. The van der Waals surface area contributed by atoms with Crippen LogP contribution in [0.5, 0.6) is 11.5 Å². The number of rotatable bonds is 18. The number of fused-ring (bicyclic) bond motifs is 6. The average molecular weight is 2000 g/mol. The van der Waals surface area contributed by atoms with Crippen LogP contribution in [0.25, 0.3) is 73.3 Å². The van der Waals surface area contributed by atoms with Crippen LogP contribution in [-0.4, -0.2) is 140 Å². The third kappa shape index (κ3) is 26.9. The van der Waals surface area contributed by atoms with Crippen molar-refractivity contribution in [3.8, 4) is 56.5 Å². The maximum absolute atomic E-state index is 13.1. The van der Waals surface area contributed by atoms with Crippen molar-refractivity contribution < 1.29 is 13.9 Å². The first-order valence-electron chi connectivity index (χ1n) is 42.2. The van der Waals surface area contributed by atoms with Gasteiger partial charge >= 0.3 is 0 Å². The van der Waals surface area contributed by atoms with E-state index in [2.05, 4.69) is 164 Å². The first-order valence-corrected chi connectivity index (χ1v) is 43.0. The molecule has 10 atom stereocenters. The number of anilines is 5. The van der Waals surface area contributed by atoms with E-state index in [1.165, 1.54) is 28.8 Å². The topological polar surface area (TPSA) is 360 Å². The number of nitrogens with zero attached hydrogens (tertiary/aromatic N) is 15. The van der Waals surface area contributed by atoms with Crippen molar-refractivity contribution in [3.63, 3.8) is 0 Å². The van der Waals surface area contributed by atoms with Crippen molar-refractivity contribution >= 4 is 215 Å². The molecule has 0 unspecified atom stereocenters. The number of benzene rings is 4. The largest absolute Gasteiger partial charge is 0.454 e. The first kappa shape index (κ1) is 111. The van der Waals surface area contributed by atoms with Crippen molar-refractivity contribution in [2.45, 2.75) is 223 Å². The molecule has 0 radical (unpaired) electrons. The van der Waals surface area contributed by atoms with Crippen LogP contribution in [0.2, 0.25) is 10.0 Å². The summed E-state index contributed by atoms with van der Waals surface area (Å²) in [6.45, 7) is 13.3. The van der Waals surface area contributed by atoms with Crippen LogP contribution < -0.4 is 64.7 Å². The molecule has 0 saturated heterocycles. The highest BCUT2D eigenvalue weighted by Crippen LogP contribution is 2.39. The quantitative estimate of drug-likeness (QED) is 0.0381. The van der Waals surface area contributed by atoms with Gasteiger partial charge < -0.3 is 64.7 Å². The summed E-state index contributed by atoms with van der Waals surface area (Å²) in [7, 11) is 0. The van der Waals surface area contributed by atoms with E-state index in [4.69, 9.17) is 76.3 Å². The Balaban J connectivity index is 0.000000246. The number of nitrogens with two attached hydrogens (primary N) is 5. The van der Waals surface area contributed by atoms with Gasteiger partial charge in [-0.2, -0.15) is 183 Å². The molecule has 11 heterocycles. The van der Waals surface area contributed by atoms with Crippen molar-refractivity contribution in [2.75, 3.05) is 33.4 Å². The molecule has 15 N–H and O–H groups in total. The molecule has 1 aliphatic heterocycles. The second kappa shape index (κ2) is 50.6. The molecule has 20 rings (SSSR count). The molecule has 6 aliphatic rings. The van der Waals surface area contributed by atoms with Crippen LogP contribution in [0.4, 0.5) is 33.5 Å². The van der Waals surface area contributed by atoms with Gasteiger partial charge in [0.1, 0.15) is 45.0 Å². The van der Waals surface area contributed by atoms with Gasteiger partial charge in [-0.25, -0.2) is 29.3 Å². The molecule has 14 aromatic rings. The SMILES string of the molecule is CC(C)c1ccc(-c2cc(N[C@H]3CC[C@H](N)C3)n3nccc3n2)cc1.CCC(CC)c1cc(N[C@H]2CC[C@H](N)C2)n2ncc(Cl)c2n1.Cc1cc(C)cc(-c2cc(N[C@H]3CC[C@H](N)C3)n3nccc3n2)c1.N[C@H]1CC[C@H](Nc2cc(-c3ccc(F)cc3)nc3ccnn23)C1.N[C@H]1CC[C@H](Nc2cc(-c3ccc4c(c3)OCO4)nc3c(Cl)cnn23)C1.S.S.S.S.S.S.S.S.S.S. The molecule has 40 heteroatoms. The Hall–Kier alpha value is -7.61. The van der Waals surface area contributed by atoms with E-state index in [-0.39, 0.29) is 160 Å². The zero-order chi connectivity index (χ0) is 83.2. The van der Waals surface area contributed by atoms with E-state index in [0.717, 1.165) is 223 Å². The first-order chi connectivity index (χ1) is 58.2. The van der Waals surface area contributed by atoms with E-state index in [1.807, 2.05) is 57.6 Å². The molecule has 0 amide bonds. The van der Waals surface area contributed by atoms with Gasteiger partial charge in [-0.3, -0.25) is 0 Å². The third-order valence-electron chi connectivity index (χ3n) is 23.7. The van der Waals surface area contributed by atoms with Gasteiger partial charge in [-0.05, 0) is 189 Å². The van der Waals surface area contributed by atoms with Gasteiger partial charge in [0.25, 0.3) is 0 Å². The Morgan fingerprint density at radius 3 is 1.08 bits per heavy atom. The number of hydrogen-bond acceptors (Lipinski definition) is 22. The molecule has 5 saturated carbocycles. The molecule has 27 nitrogen and oxygen atoms in total. The van der Waals surface area contributed by atoms with E-state index in [9.17, 15) is 4.39 Å². The molecule has 4 aromatic carbocycles. The maximum Gasteiger partial charge on any atom is 0.231 e.